The maximum absolute atomic E-state index is 6.60. The molecule has 0 radical (unpaired) electrons. The summed E-state index contributed by atoms with van der Waals surface area (Å²) >= 11 is 0. The maximum Gasteiger partial charge on any atom is 0.0965 e. The van der Waals surface area contributed by atoms with Crippen LogP contribution in [0.2, 0.25) is 0 Å². The van der Waals surface area contributed by atoms with Crippen molar-refractivity contribution in [2.75, 3.05) is 32.7 Å². The number of likely N-dealkylation sites (tertiary alicyclic amines) is 1. The zero-order valence-electron chi connectivity index (χ0n) is 10.2. The first-order valence-electron chi connectivity index (χ1n) is 6.46. The largest absolute Gasteiger partial charge is 0.309 e. The highest BCUT2D eigenvalue weighted by atomic mass is 15.3. The van der Waals surface area contributed by atoms with E-state index in [-0.39, 0.29) is 5.66 Å². The fourth-order valence-corrected chi connectivity index (χ4v) is 2.71. The molecule has 2 N–H and O–H groups in total. The van der Waals surface area contributed by atoms with Gasteiger partial charge in [0.05, 0.1) is 5.66 Å². The number of aromatic nitrogens is 1. The standard InChI is InChI=1S/C13H20N4/c14-13(12-3-1-5-15-11-12)4-2-6-17(13)10-9-16-7-8-16/h1,3,5,11H,2,4,6-10,14H2. The van der Waals surface area contributed by atoms with E-state index >= 15 is 0 Å². The zero-order valence-corrected chi connectivity index (χ0v) is 10.2. The van der Waals surface area contributed by atoms with Crippen molar-refractivity contribution < 1.29 is 0 Å². The van der Waals surface area contributed by atoms with Gasteiger partial charge in [-0.05, 0) is 18.9 Å². The Kier molecular flexibility index (Phi) is 2.86. The lowest BCUT2D eigenvalue weighted by molar-refractivity contribution is 0.137. The average Bonchev–Trinajstić information content (AvgIpc) is 3.12. The van der Waals surface area contributed by atoms with Crippen molar-refractivity contribution >= 4 is 0 Å². The van der Waals surface area contributed by atoms with Crippen LogP contribution in [0.3, 0.4) is 0 Å². The Morgan fingerprint density at radius 3 is 2.88 bits per heavy atom. The third-order valence-electron chi connectivity index (χ3n) is 3.94. The summed E-state index contributed by atoms with van der Waals surface area (Å²) in [6.45, 7) is 5.86. The fraction of sp³-hybridized carbons (Fsp3) is 0.615. The molecule has 3 rings (SSSR count). The summed E-state index contributed by atoms with van der Waals surface area (Å²) in [5, 5.41) is 0. The average molecular weight is 232 g/mol. The highest BCUT2D eigenvalue weighted by Gasteiger charge is 2.39. The first-order valence-corrected chi connectivity index (χ1v) is 6.46. The number of rotatable bonds is 4. The molecule has 0 amide bonds. The van der Waals surface area contributed by atoms with Crippen LogP contribution in [0.15, 0.2) is 24.5 Å². The van der Waals surface area contributed by atoms with E-state index in [1.807, 2.05) is 18.5 Å². The van der Waals surface area contributed by atoms with Gasteiger partial charge in [-0.15, -0.1) is 0 Å². The summed E-state index contributed by atoms with van der Waals surface area (Å²) < 4.78 is 0. The molecule has 92 valence electrons. The first kappa shape index (κ1) is 11.1. The van der Waals surface area contributed by atoms with E-state index in [9.17, 15) is 0 Å². The molecule has 0 bridgehead atoms. The Morgan fingerprint density at radius 2 is 2.18 bits per heavy atom. The molecule has 0 saturated carbocycles. The first-order chi connectivity index (χ1) is 8.29. The highest BCUT2D eigenvalue weighted by molar-refractivity contribution is 5.20. The molecule has 1 aromatic rings. The summed E-state index contributed by atoms with van der Waals surface area (Å²) in [4.78, 5) is 9.06. The molecule has 2 aliphatic heterocycles. The predicted octanol–water partition coefficient (Wildman–Crippen LogP) is 0.605. The van der Waals surface area contributed by atoms with Gasteiger partial charge >= 0.3 is 0 Å². The van der Waals surface area contributed by atoms with Gasteiger partial charge in [-0.1, -0.05) is 6.07 Å². The molecule has 2 aliphatic rings. The van der Waals surface area contributed by atoms with Crippen LogP contribution in [0.1, 0.15) is 18.4 Å². The van der Waals surface area contributed by atoms with Crippen LogP contribution >= 0.6 is 0 Å². The summed E-state index contributed by atoms with van der Waals surface area (Å²) in [5.41, 5.74) is 7.47. The smallest absolute Gasteiger partial charge is 0.0965 e. The Morgan fingerprint density at radius 1 is 1.29 bits per heavy atom. The van der Waals surface area contributed by atoms with Gasteiger partial charge in [0, 0.05) is 50.7 Å². The summed E-state index contributed by atoms with van der Waals surface area (Å²) in [6, 6.07) is 4.08. The van der Waals surface area contributed by atoms with Crippen LogP contribution in [0.4, 0.5) is 0 Å². The maximum atomic E-state index is 6.60. The van der Waals surface area contributed by atoms with Crippen LogP contribution in [0, 0.1) is 0 Å². The molecule has 17 heavy (non-hydrogen) atoms. The van der Waals surface area contributed by atoms with Crippen molar-refractivity contribution in [3.8, 4) is 0 Å². The lowest BCUT2D eigenvalue weighted by Gasteiger charge is -2.35. The van der Waals surface area contributed by atoms with E-state index in [0.717, 1.165) is 31.6 Å². The van der Waals surface area contributed by atoms with Crippen LogP contribution in [-0.4, -0.2) is 47.5 Å². The highest BCUT2D eigenvalue weighted by Crippen LogP contribution is 2.33. The van der Waals surface area contributed by atoms with Crippen molar-refractivity contribution in [2.45, 2.75) is 18.5 Å². The molecule has 1 atom stereocenters. The second kappa shape index (κ2) is 4.37. The molecule has 4 heteroatoms. The van der Waals surface area contributed by atoms with E-state index in [1.165, 1.54) is 19.5 Å². The third-order valence-corrected chi connectivity index (χ3v) is 3.94. The minimum atomic E-state index is -0.287. The van der Waals surface area contributed by atoms with Crippen LogP contribution in [0.5, 0.6) is 0 Å². The van der Waals surface area contributed by atoms with E-state index in [2.05, 4.69) is 20.9 Å². The second-order valence-corrected chi connectivity index (χ2v) is 5.10. The molecular weight excluding hydrogens is 212 g/mol. The van der Waals surface area contributed by atoms with Crippen LogP contribution in [-0.2, 0) is 5.66 Å². The van der Waals surface area contributed by atoms with Gasteiger partial charge in [0.2, 0.25) is 0 Å². The third kappa shape index (κ3) is 2.20. The predicted molar refractivity (Wildman–Crippen MR) is 67.3 cm³/mol. The Bertz CT molecular complexity index is 376. The quantitative estimate of drug-likeness (QED) is 0.772. The number of pyridine rings is 1. The molecule has 3 heterocycles. The Labute approximate surface area is 102 Å². The number of hydrogen-bond acceptors (Lipinski definition) is 4. The zero-order chi connectivity index (χ0) is 11.7. The molecule has 2 saturated heterocycles. The Balaban J connectivity index is 1.74. The van der Waals surface area contributed by atoms with Gasteiger partial charge in [0.25, 0.3) is 0 Å². The van der Waals surface area contributed by atoms with E-state index in [4.69, 9.17) is 5.73 Å². The van der Waals surface area contributed by atoms with Crippen molar-refractivity contribution in [3.05, 3.63) is 30.1 Å². The van der Waals surface area contributed by atoms with Gasteiger partial charge < -0.3 is 5.73 Å². The number of nitrogens with two attached hydrogens (primary N) is 1. The van der Waals surface area contributed by atoms with E-state index in [0.29, 0.717) is 0 Å². The molecule has 4 nitrogen and oxygen atoms in total. The van der Waals surface area contributed by atoms with Crippen molar-refractivity contribution in [1.29, 1.82) is 0 Å². The summed E-state index contributed by atoms with van der Waals surface area (Å²) in [6.07, 6.45) is 5.95. The van der Waals surface area contributed by atoms with Crippen LogP contribution in [0.25, 0.3) is 0 Å². The Hall–Kier alpha value is -0.970. The second-order valence-electron chi connectivity index (χ2n) is 5.10. The van der Waals surface area contributed by atoms with Gasteiger partial charge in [0.1, 0.15) is 0 Å². The van der Waals surface area contributed by atoms with E-state index < -0.39 is 0 Å². The van der Waals surface area contributed by atoms with Gasteiger partial charge in [-0.3, -0.25) is 14.8 Å². The molecule has 1 aromatic heterocycles. The van der Waals surface area contributed by atoms with E-state index in [1.54, 1.807) is 0 Å². The minimum Gasteiger partial charge on any atom is -0.309 e. The van der Waals surface area contributed by atoms with Gasteiger partial charge in [0.15, 0.2) is 0 Å². The SMILES string of the molecule is NC1(c2cccnc2)CCCN1CCN1CC1. The minimum absolute atomic E-state index is 0.287. The lowest BCUT2D eigenvalue weighted by atomic mass is 9.99. The lowest BCUT2D eigenvalue weighted by Crippen LogP contribution is -2.50. The molecular formula is C13H20N4. The normalized spacial score (nSPS) is 29.7. The molecule has 2 fully saturated rings. The van der Waals surface area contributed by atoms with Crippen molar-refractivity contribution in [2.24, 2.45) is 5.73 Å². The van der Waals surface area contributed by atoms with Gasteiger partial charge in [-0.25, -0.2) is 0 Å². The number of hydrogen-bond donors (Lipinski definition) is 1. The molecule has 1 unspecified atom stereocenters. The summed E-state index contributed by atoms with van der Waals surface area (Å²) in [5.74, 6) is 0. The number of nitrogens with zero attached hydrogens (tertiary/aromatic N) is 3. The van der Waals surface area contributed by atoms with Crippen molar-refractivity contribution in [1.82, 2.24) is 14.8 Å². The van der Waals surface area contributed by atoms with Crippen LogP contribution < -0.4 is 5.73 Å². The molecule has 0 aliphatic carbocycles. The monoisotopic (exact) mass is 232 g/mol. The topological polar surface area (TPSA) is 45.2 Å². The molecule has 0 spiro atoms. The summed E-state index contributed by atoms with van der Waals surface area (Å²) in [7, 11) is 0. The molecule has 0 aromatic carbocycles. The van der Waals surface area contributed by atoms with Gasteiger partial charge in [-0.2, -0.15) is 0 Å². The fourth-order valence-electron chi connectivity index (χ4n) is 2.71. The van der Waals surface area contributed by atoms with Crippen molar-refractivity contribution in [3.63, 3.8) is 0 Å².